The third-order valence-electron chi connectivity index (χ3n) is 1.85. The number of nitro groups is 1. The molecule has 4 nitrogen and oxygen atoms in total. The summed E-state index contributed by atoms with van der Waals surface area (Å²) in [6, 6.07) is 4.99. The molecule has 0 bridgehead atoms. The van der Waals surface area contributed by atoms with Gasteiger partial charge in [-0.15, -0.1) is 0 Å². The molecule has 0 unspecified atom stereocenters. The Morgan fingerprint density at radius 1 is 1.62 bits per heavy atom. The number of hydrogen-bond donors (Lipinski definition) is 0. The van der Waals surface area contributed by atoms with Crippen molar-refractivity contribution >= 4 is 13.5 Å². The summed E-state index contributed by atoms with van der Waals surface area (Å²) in [6.07, 6.45) is 0.783. The van der Waals surface area contributed by atoms with Gasteiger partial charge in [0.2, 0.25) is 0 Å². The molecule has 0 fully saturated rings. The molecular weight excluding hydrogens is 169 g/mol. The molecule has 0 amide bonds. The first kappa shape index (κ1) is 9.57. The molecule has 0 aliphatic carbocycles. The average molecular weight is 179 g/mol. The van der Waals surface area contributed by atoms with Crippen molar-refractivity contribution in [1.29, 1.82) is 0 Å². The van der Waals surface area contributed by atoms with Gasteiger partial charge in [0.15, 0.2) is 5.75 Å². The first-order valence-corrected chi connectivity index (χ1v) is 4.00. The fraction of sp³-hybridized carbons (Fsp3) is 0.250. The van der Waals surface area contributed by atoms with E-state index in [0.717, 1.165) is 11.9 Å². The first-order valence-electron chi connectivity index (χ1n) is 4.00. The second-order valence-electron chi connectivity index (χ2n) is 2.62. The molecule has 0 saturated carbocycles. The van der Waals surface area contributed by atoms with Crippen LogP contribution >= 0.6 is 0 Å². The van der Waals surface area contributed by atoms with Crippen LogP contribution < -0.4 is 4.74 Å². The van der Waals surface area contributed by atoms with Gasteiger partial charge in [0.1, 0.15) is 7.85 Å². The number of benzene rings is 1. The Hall–Kier alpha value is -1.52. The molecule has 0 atom stereocenters. The molecule has 13 heavy (non-hydrogen) atoms. The van der Waals surface area contributed by atoms with Gasteiger partial charge in [-0.05, 0) is 11.6 Å². The second kappa shape index (κ2) is 3.93. The maximum Gasteiger partial charge on any atom is 0.311 e. The molecule has 0 aliphatic rings. The second-order valence-corrected chi connectivity index (χ2v) is 2.62. The third kappa shape index (κ3) is 1.99. The molecule has 0 aromatic heterocycles. The Balaban J connectivity index is 3.18. The molecular formula is C8H10BNO3. The predicted octanol–water partition coefficient (Wildman–Crippen LogP) is 0.736. The summed E-state index contributed by atoms with van der Waals surface area (Å²) in [5.41, 5.74) is 0.967. The third-order valence-corrected chi connectivity index (χ3v) is 1.85. The number of rotatable bonds is 3. The van der Waals surface area contributed by atoms with Crippen LogP contribution in [-0.2, 0) is 6.32 Å². The van der Waals surface area contributed by atoms with E-state index in [1.807, 2.05) is 13.9 Å². The highest BCUT2D eigenvalue weighted by molar-refractivity contribution is 6.08. The van der Waals surface area contributed by atoms with Crippen molar-refractivity contribution in [2.45, 2.75) is 6.32 Å². The van der Waals surface area contributed by atoms with Crippen molar-refractivity contribution < 1.29 is 9.66 Å². The first-order chi connectivity index (χ1) is 6.19. The number of hydrogen-bond acceptors (Lipinski definition) is 3. The summed E-state index contributed by atoms with van der Waals surface area (Å²) in [6.45, 7) is 0. The lowest BCUT2D eigenvalue weighted by Gasteiger charge is -2.02. The van der Waals surface area contributed by atoms with Crippen LogP contribution in [0, 0.1) is 10.1 Å². The molecule has 0 aliphatic heterocycles. The lowest BCUT2D eigenvalue weighted by atomic mass is 9.96. The van der Waals surface area contributed by atoms with Gasteiger partial charge in [0, 0.05) is 6.07 Å². The zero-order valence-corrected chi connectivity index (χ0v) is 7.61. The van der Waals surface area contributed by atoms with Gasteiger partial charge in [-0.25, -0.2) is 0 Å². The van der Waals surface area contributed by atoms with Gasteiger partial charge in [0.05, 0.1) is 12.0 Å². The summed E-state index contributed by atoms with van der Waals surface area (Å²) < 4.78 is 4.86. The summed E-state index contributed by atoms with van der Waals surface area (Å²) in [5.74, 6) is 0.308. The number of nitro benzene ring substituents is 1. The van der Waals surface area contributed by atoms with Crippen LogP contribution in [0.25, 0.3) is 0 Å². The van der Waals surface area contributed by atoms with Crippen LogP contribution in [0.1, 0.15) is 5.56 Å². The maximum atomic E-state index is 10.6. The van der Waals surface area contributed by atoms with E-state index in [4.69, 9.17) is 4.74 Å². The molecule has 5 heteroatoms. The standard InChI is InChI=1S/C8H10BNO3/c1-13-8-3-2-6(5-9)4-7(8)10(11)12/h2-4H,5,9H2,1H3. The Morgan fingerprint density at radius 2 is 2.31 bits per heavy atom. The van der Waals surface area contributed by atoms with Gasteiger partial charge in [0.25, 0.3) is 0 Å². The highest BCUT2D eigenvalue weighted by atomic mass is 16.6. The Morgan fingerprint density at radius 3 is 2.77 bits per heavy atom. The van der Waals surface area contributed by atoms with Gasteiger partial charge < -0.3 is 4.74 Å². The fourth-order valence-electron chi connectivity index (χ4n) is 1.10. The van der Waals surface area contributed by atoms with Gasteiger partial charge in [-0.2, -0.15) is 0 Å². The molecule has 68 valence electrons. The lowest BCUT2D eigenvalue weighted by molar-refractivity contribution is -0.385. The Bertz CT molecular complexity index is 327. The monoisotopic (exact) mass is 179 g/mol. The van der Waals surface area contributed by atoms with Crippen LogP contribution in [0.5, 0.6) is 5.75 Å². The molecule has 1 rings (SSSR count). The maximum absolute atomic E-state index is 10.6. The minimum atomic E-state index is -0.433. The smallest absolute Gasteiger partial charge is 0.311 e. The van der Waals surface area contributed by atoms with Crippen LogP contribution in [0.2, 0.25) is 0 Å². The van der Waals surface area contributed by atoms with E-state index in [1.54, 1.807) is 12.1 Å². The fourth-order valence-corrected chi connectivity index (χ4v) is 1.10. The number of ether oxygens (including phenoxy) is 1. The lowest BCUT2D eigenvalue weighted by Crippen LogP contribution is -1.95. The minimum absolute atomic E-state index is 0.0295. The normalized spacial score (nSPS) is 9.62. The zero-order chi connectivity index (χ0) is 9.84. The van der Waals surface area contributed by atoms with E-state index in [2.05, 4.69) is 0 Å². The van der Waals surface area contributed by atoms with E-state index >= 15 is 0 Å². The highest BCUT2D eigenvalue weighted by Crippen LogP contribution is 2.27. The van der Waals surface area contributed by atoms with Crippen molar-refractivity contribution in [3.05, 3.63) is 33.9 Å². The average Bonchev–Trinajstić information content (AvgIpc) is 2.16. The molecule has 1 aromatic carbocycles. The zero-order valence-electron chi connectivity index (χ0n) is 7.61. The highest BCUT2D eigenvalue weighted by Gasteiger charge is 2.13. The van der Waals surface area contributed by atoms with Crippen LogP contribution in [0.15, 0.2) is 18.2 Å². The Labute approximate surface area is 77.1 Å². The summed E-state index contributed by atoms with van der Waals surface area (Å²) in [5, 5.41) is 10.6. The van der Waals surface area contributed by atoms with Crippen molar-refractivity contribution in [1.82, 2.24) is 0 Å². The molecule has 0 heterocycles. The topological polar surface area (TPSA) is 52.4 Å². The van der Waals surface area contributed by atoms with E-state index < -0.39 is 4.92 Å². The summed E-state index contributed by atoms with van der Waals surface area (Å²) in [4.78, 5) is 10.1. The van der Waals surface area contributed by atoms with Crippen molar-refractivity contribution in [2.24, 2.45) is 0 Å². The van der Waals surface area contributed by atoms with Crippen LogP contribution in [0.3, 0.4) is 0 Å². The van der Waals surface area contributed by atoms with Crippen molar-refractivity contribution in [3.63, 3.8) is 0 Å². The van der Waals surface area contributed by atoms with Crippen LogP contribution in [0.4, 0.5) is 5.69 Å². The SMILES string of the molecule is BCc1ccc(OC)c([N+](=O)[O-])c1. The minimum Gasteiger partial charge on any atom is -0.490 e. The Kier molecular flexibility index (Phi) is 2.90. The van der Waals surface area contributed by atoms with Crippen molar-refractivity contribution in [3.8, 4) is 5.75 Å². The van der Waals surface area contributed by atoms with E-state index in [1.165, 1.54) is 7.11 Å². The largest absolute Gasteiger partial charge is 0.490 e. The quantitative estimate of drug-likeness (QED) is 0.390. The van der Waals surface area contributed by atoms with Crippen molar-refractivity contribution in [2.75, 3.05) is 7.11 Å². The number of methoxy groups -OCH3 is 1. The van der Waals surface area contributed by atoms with Gasteiger partial charge >= 0.3 is 5.69 Å². The predicted molar refractivity (Wildman–Crippen MR) is 51.9 cm³/mol. The van der Waals surface area contributed by atoms with E-state index in [9.17, 15) is 10.1 Å². The van der Waals surface area contributed by atoms with Gasteiger partial charge in [-0.1, -0.05) is 12.4 Å². The molecule has 1 aromatic rings. The molecule has 0 spiro atoms. The summed E-state index contributed by atoms with van der Waals surface area (Å²) in [7, 11) is 3.37. The molecule has 0 saturated heterocycles. The van der Waals surface area contributed by atoms with Crippen LogP contribution in [-0.4, -0.2) is 19.9 Å². The van der Waals surface area contributed by atoms with Gasteiger partial charge in [-0.3, -0.25) is 10.1 Å². The molecule has 0 radical (unpaired) electrons. The number of nitrogens with zero attached hydrogens (tertiary/aromatic N) is 1. The summed E-state index contributed by atoms with van der Waals surface area (Å²) >= 11 is 0. The van der Waals surface area contributed by atoms with E-state index in [0.29, 0.717) is 5.75 Å². The molecule has 0 N–H and O–H groups in total. The van der Waals surface area contributed by atoms with E-state index in [-0.39, 0.29) is 5.69 Å².